The van der Waals surface area contributed by atoms with E-state index in [9.17, 15) is 4.79 Å². The Bertz CT molecular complexity index is 910. The maximum absolute atomic E-state index is 12.3. The van der Waals surface area contributed by atoms with Crippen molar-refractivity contribution in [2.24, 2.45) is 0 Å². The number of hydrogen-bond donors (Lipinski definition) is 2. The van der Waals surface area contributed by atoms with Crippen LogP contribution < -0.4 is 10.6 Å². The lowest BCUT2D eigenvalue weighted by atomic mass is 9.88. The SMILES string of the molecule is CCCCCCCCC=CCCCCCCCC(=O)Nc1nnc(NC2CCCc3ccccc32)s1. The lowest BCUT2D eigenvalue weighted by Gasteiger charge is -2.25. The van der Waals surface area contributed by atoms with Crippen LogP contribution in [0.3, 0.4) is 0 Å². The molecular formula is C30H46N4OS. The molecule has 198 valence electrons. The van der Waals surface area contributed by atoms with Gasteiger partial charge in [-0.1, -0.05) is 106 Å². The third-order valence-electron chi connectivity index (χ3n) is 7.00. The molecule has 1 aliphatic carbocycles. The first-order valence-electron chi connectivity index (χ1n) is 14.4. The van der Waals surface area contributed by atoms with Gasteiger partial charge in [0.2, 0.25) is 16.2 Å². The molecule has 3 rings (SSSR count). The summed E-state index contributed by atoms with van der Waals surface area (Å²) >= 11 is 1.42. The molecular weight excluding hydrogens is 464 g/mol. The highest BCUT2D eigenvalue weighted by Gasteiger charge is 2.21. The second-order valence-corrected chi connectivity index (χ2v) is 11.1. The first-order chi connectivity index (χ1) is 17.8. The largest absolute Gasteiger partial charge is 0.353 e. The van der Waals surface area contributed by atoms with Crippen molar-refractivity contribution in [2.75, 3.05) is 10.6 Å². The molecule has 0 saturated carbocycles. The van der Waals surface area contributed by atoms with Gasteiger partial charge < -0.3 is 10.6 Å². The Hall–Kier alpha value is -2.21. The van der Waals surface area contributed by atoms with Crippen molar-refractivity contribution in [1.29, 1.82) is 0 Å². The number of unbranched alkanes of at least 4 members (excludes halogenated alkanes) is 11. The Balaban J connectivity index is 1.19. The highest BCUT2D eigenvalue weighted by Crippen LogP contribution is 2.33. The van der Waals surface area contributed by atoms with Gasteiger partial charge in [-0.15, -0.1) is 10.2 Å². The molecule has 1 unspecified atom stereocenters. The highest BCUT2D eigenvalue weighted by molar-refractivity contribution is 7.19. The van der Waals surface area contributed by atoms with E-state index in [4.69, 9.17) is 0 Å². The van der Waals surface area contributed by atoms with Crippen LogP contribution in [0.5, 0.6) is 0 Å². The van der Waals surface area contributed by atoms with Gasteiger partial charge in [0.05, 0.1) is 6.04 Å². The second-order valence-electron chi connectivity index (χ2n) is 10.1. The minimum atomic E-state index is 0.0401. The molecule has 6 heteroatoms. The minimum Gasteiger partial charge on any atom is -0.353 e. The molecule has 0 aliphatic heterocycles. The number of carbonyl (C=O) groups excluding carboxylic acids is 1. The lowest BCUT2D eigenvalue weighted by molar-refractivity contribution is -0.116. The smallest absolute Gasteiger partial charge is 0.226 e. The average molecular weight is 511 g/mol. The van der Waals surface area contributed by atoms with Gasteiger partial charge in [0.25, 0.3) is 0 Å². The van der Waals surface area contributed by atoms with E-state index in [-0.39, 0.29) is 11.9 Å². The standard InChI is InChI=1S/C30H46N4OS/c1-2-3-4-5-6-7-8-9-10-11-12-13-14-15-16-24-28(35)32-30-34-33-29(36-30)31-27-23-19-21-25-20-17-18-22-26(25)27/h9-10,17-18,20,22,27H,2-8,11-16,19,21,23-24H2,1H3,(H,31,33)(H,32,34,35). The van der Waals surface area contributed by atoms with Crippen LogP contribution in [0.4, 0.5) is 10.3 Å². The summed E-state index contributed by atoms with van der Waals surface area (Å²) in [5.41, 5.74) is 2.77. The Labute approximate surface area is 222 Å². The summed E-state index contributed by atoms with van der Waals surface area (Å²) in [6.45, 7) is 2.27. The summed E-state index contributed by atoms with van der Waals surface area (Å²) in [6, 6.07) is 8.88. The number of fused-ring (bicyclic) bond motifs is 1. The summed E-state index contributed by atoms with van der Waals surface area (Å²) in [6.07, 6.45) is 25.1. The highest BCUT2D eigenvalue weighted by atomic mass is 32.1. The Morgan fingerprint density at radius 3 is 2.36 bits per heavy atom. The number of aryl methyl sites for hydroxylation is 1. The van der Waals surface area contributed by atoms with Crippen LogP contribution >= 0.6 is 11.3 Å². The van der Waals surface area contributed by atoms with Crippen LogP contribution in [0.1, 0.15) is 127 Å². The predicted molar refractivity (Wildman–Crippen MR) is 154 cm³/mol. The van der Waals surface area contributed by atoms with E-state index in [0.717, 1.165) is 30.8 Å². The van der Waals surface area contributed by atoms with Crippen molar-refractivity contribution in [3.63, 3.8) is 0 Å². The topological polar surface area (TPSA) is 66.9 Å². The zero-order valence-electron chi connectivity index (χ0n) is 22.3. The Kier molecular flexibility index (Phi) is 13.6. The molecule has 2 aromatic rings. The number of benzene rings is 1. The van der Waals surface area contributed by atoms with Crippen LogP contribution in [0, 0.1) is 0 Å². The van der Waals surface area contributed by atoms with Crippen LogP contribution in [0.2, 0.25) is 0 Å². The molecule has 2 N–H and O–H groups in total. The molecule has 0 spiro atoms. The van der Waals surface area contributed by atoms with Crippen LogP contribution in [-0.2, 0) is 11.2 Å². The molecule has 1 amide bonds. The van der Waals surface area contributed by atoms with Gasteiger partial charge in [-0.2, -0.15) is 0 Å². The third-order valence-corrected chi connectivity index (χ3v) is 7.77. The molecule has 1 aromatic heterocycles. The molecule has 0 bridgehead atoms. The second kappa shape index (κ2) is 17.3. The number of nitrogens with zero attached hydrogens (tertiary/aromatic N) is 2. The van der Waals surface area contributed by atoms with E-state index < -0.39 is 0 Å². The fourth-order valence-corrected chi connectivity index (χ4v) is 5.64. The first kappa shape index (κ1) is 28.4. The van der Waals surface area contributed by atoms with Gasteiger partial charge in [0.15, 0.2) is 0 Å². The normalized spacial score (nSPS) is 15.2. The van der Waals surface area contributed by atoms with Crippen molar-refractivity contribution in [3.05, 3.63) is 47.5 Å². The maximum Gasteiger partial charge on any atom is 0.226 e. The van der Waals surface area contributed by atoms with Gasteiger partial charge in [0, 0.05) is 6.42 Å². The fraction of sp³-hybridized carbons (Fsp3) is 0.633. The van der Waals surface area contributed by atoms with E-state index >= 15 is 0 Å². The van der Waals surface area contributed by atoms with Crippen molar-refractivity contribution < 1.29 is 4.79 Å². The van der Waals surface area contributed by atoms with Crippen LogP contribution in [-0.4, -0.2) is 16.1 Å². The average Bonchev–Trinajstić information content (AvgIpc) is 3.33. The summed E-state index contributed by atoms with van der Waals surface area (Å²) in [7, 11) is 0. The zero-order valence-corrected chi connectivity index (χ0v) is 23.1. The lowest BCUT2D eigenvalue weighted by Crippen LogP contribution is -2.17. The van der Waals surface area contributed by atoms with E-state index in [1.807, 2.05) is 0 Å². The van der Waals surface area contributed by atoms with Crippen molar-refractivity contribution >= 4 is 27.5 Å². The number of anilines is 2. The molecule has 0 fully saturated rings. The predicted octanol–water partition coefficient (Wildman–Crippen LogP) is 9.00. The van der Waals surface area contributed by atoms with E-state index in [2.05, 4.69) is 64.2 Å². The van der Waals surface area contributed by atoms with Crippen LogP contribution in [0.25, 0.3) is 0 Å². The Morgan fingerprint density at radius 2 is 1.58 bits per heavy atom. The van der Waals surface area contributed by atoms with Gasteiger partial charge in [-0.3, -0.25) is 4.79 Å². The van der Waals surface area contributed by atoms with Crippen molar-refractivity contribution in [1.82, 2.24) is 10.2 Å². The van der Waals surface area contributed by atoms with Gasteiger partial charge in [-0.05, 0) is 62.5 Å². The molecule has 0 radical (unpaired) electrons. The summed E-state index contributed by atoms with van der Waals surface area (Å²) in [4.78, 5) is 12.3. The molecule has 1 aromatic carbocycles. The number of carbonyl (C=O) groups is 1. The number of hydrogen-bond acceptors (Lipinski definition) is 5. The number of aromatic nitrogens is 2. The first-order valence-corrected chi connectivity index (χ1v) is 15.2. The fourth-order valence-electron chi connectivity index (χ4n) is 4.92. The van der Waals surface area contributed by atoms with E-state index in [0.29, 0.717) is 11.6 Å². The molecule has 1 heterocycles. The monoisotopic (exact) mass is 510 g/mol. The Morgan fingerprint density at radius 1 is 0.917 bits per heavy atom. The summed E-state index contributed by atoms with van der Waals surface area (Å²) < 4.78 is 0. The molecule has 1 atom stereocenters. The van der Waals surface area contributed by atoms with E-state index in [1.165, 1.54) is 99.5 Å². The summed E-state index contributed by atoms with van der Waals surface area (Å²) in [5, 5.41) is 16.2. The number of allylic oxidation sites excluding steroid dienone is 2. The number of rotatable bonds is 18. The zero-order chi connectivity index (χ0) is 25.3. The molecule has 5 nitrogen and oxygen atoms in total. The van der Waals surface area contributed by atoms with Crippen molar-refractivity contribution in [2.45, 2.75) is 122 Å². The molecule has 1 aliphatic rings. The molecule has 36 heavy (non-hydrogen) atoms. The van der Waals surface area contributed by atoms with Gasteiger partial charge in [-0.25, -0.2) is 0 Å². The van der Waals surface area contributed by atoms with Crippen LogP contribution in [0.15, 0.2) is 36.4 Å². The third kappa shape index (κ3) is 10.8. The van der Waals surface area contributed by atoms with Gasteiger partial charge in [0.1, 0.15) is 0 Å². The van der Waals surface area contributed by atoms with Crippen molar-refractivity contribution in [3.8, 4) is 0 Å². The van der Waals surface area contributed by atoms with Gasteiger partial charge >= 0.3 is 0 Å². The van der Waals surface area contributed by atoms with E-state index in [1.54, 1.807) is 0 Å². The number of amides is 1. The molecule has 0 saturated heterocycles. The summed E-state index contributed by atoms with van der Waals surface area (Å²) in [5.74, 6) is 0.0401. The quantitative estimate of drug-likeness (QED) is 0.155. The minimum absolute atomic E-state index is 0.0401. The maximum atomic E-state index is 12.3. The number of nitrogens with one attached hydrogen (secondary N) is 2.